The molecule has 0 saturated carbocycles. The average molecular weight is 485 g/mol. The third-order valence-electron chi connectivity index (χ3n) is 3.25. The number of hydrogen-bond acceptors (Lipinski definition) is 5. The quantitative estimate of drug-likeness (QED) is 0.558. The second-order valence-electron chi connectivity index (χ2n) is 4.93. The van der Waals surface area contributed by atoms with Gasteiger partial charge in [-0.05, 0) is 53.2 Å². The van der Waals surface area contributed by atoms with Gasteiger partial charge in [0.15, 0.2) is 5.69 Å². The Hall–Kier alpha value is -2.04. The van der Waals surface area contributed by atoms with Gasteiger partial charge in [0.05, 0.1) is 20.0 Å². The van der Waals surface area contributed by atoms with E-state index in [4.69, 9.17) is 0 Å². The van der Waals surface area contributed by atoms with Crippen LogP contribution >= 0.6 is 43.2 Å². The van der Waals surface area contributed by atoms with Crippen LogP contribution in [0.3, 0.4) is 0 Å². The fourth-order valence-electron chi connectivity index (χ4n) is 2.06. The molecule has 2 N–H and O–H groups in total. The van der Waals surface area contributed by atoms with Crippen molar-refractivity contribution in [1.29, 1.82) is 0 Å². The van der Waals surface area contributed by atoms with Gasteiger partial charge in [0, 0.05) is 4.47 Å². The maximum atomic E-state index is 12.3. The summed E-state index contributed by atoms with van der Waals surface area (Å²) < 4.78 is 3.27. The van der Waals surface area contributed by atoms with Crippen molar-refractivity contribution in [3.8, 4) is 5.69 Å². The Bertz CT molecular complexity index is 953. The molecule has 2 aromatic heterocycles. The molecule has 0 aliphatic carbocycles. The van der Waals surface area contributed by atoms with Gasteiger partial charge in [-0.1, -0.05) is 27.2 Å². The van der Waals surface area contributed by atoms with Gasteiger partial charge in [-0.25, -0.2) is 4.68 Å². The molecule has 0 aliphatic heterocycles. The summed E-state index contributed by atoms with van der Waals surface area (Å²) in [7, 11) is 0. The van der Waals surface area contributed by atoms with Crippen LogP contribution in [-0.2, 0) is 0 Å². The van der Waals surface area contributed by atoms with Crippen LogP contribution in [0.1, 0.15) is 25.9 Å². The van der Waals surface area contributed by atoms with Gasteiger partial charge in [0.2, 0.25) is 0 Å². The van der Waals surface area contributed by atoms with Crippen LogP contribution in [0.25, 0.3) is 5.69 Å². The topological polar surface area (TPSA) is 88.9 Å². The Balaban J connectivity index is 1.72. The van der Waals surface area contributed by atoms with Crippen LogP contribution in [-0.4, -0.2) is 26.8 Å². The molecule has 7 nitrogen and oxygen atoms in total. The van der Waals surface area contributed by atoms with E-state index < -0.39 is 11.8 Å². The summed E-state index contributed by atoms with van der Waals surface area (Å²) in [5, 5.41) is 7.91. The number of amides is 2. The van der Waals surface area contributed by atoms with E-state index in [1.807, 2.05) is 24.3 Å². The van der Waals surface area contributed by atoms with E-state index in [1.54, 1.807) is 23.7 Å². The highest BCUT2D eigenvalue weighted by atomic mass is 79.9. The molecule has 0 bridgehead atoms. The second-order valence-corrected chi connectivity index (χ2v) is 8.31. The van der Waals surface area contributed by atoms with Crippen molar-refractivity contribution in [2.75, 3.05) is 0 Å². The molecular formula is C15H11Br2N5O2S. The Morgan fingerprint density at radius 2 is 1.88 bits per heavy atom. The van der Waals surface area contributed by atoms with Crippen LogP contribution in [0.15, 0.2) is 44.7 Å². The minimum atomic E-state index is -0.539. The summed E-state index contributed by atoms with van der Waals surface area (Å²) in [6, 6.07) is 10.9. The number of thiophene rings is 1. The lowest BCUT2D eigenvalue weighted by Crippen LogP contribution is -2.41. The van der Waals surface area contributed by atoms with Gasteiger partial charge in [-0.15, -0.1) is 16.4 Å². The van der Waals surface area contributed by atoms with Gasteiger partial charge in [0.25, 0.3) is 11.8 Å². The number of hydrogen-bond donors (Lipinski definition) is 2. The summed E-state index contributed by atoms with van der Waals surface area (Å²) in [6.07, 6.45) is 0. The Labute approximate surface area is 163 Å². The standard InChI is InChI=1S/C15H11Br2N5O2S/c1-8-13(18-21-22(8)10-4-2-3-9(16)7-10)15(24)20-19-14(23)11-5-6-12(17)25-11/h2-7H,1H3,(H,19,23)(H,20,24). The monoisotopic (exact) mass is 483 g/mol. The highest BCUT2D eigenvalue weighted by Crippen LogP contribution is 2.21. The van der Waals surface area contributed by atoms with Crippen molar-refractivity contribution in [2.24, 2.45) is 0 Å². The zero-order valence-corrected chi connectivity index (χ0v) is 16.8. The number of nitrogens with one attached hydrogen (secondary N) is 2. The first-order valence-corrected chi connectivity index (χ1v) is 9.40. The number of hydrazine groups is 1. The van der Waals surface area contributed by atoms with E-state index in [-0.39, 0.29) is 5.69 Å². The molecule has 1 aromatic carbocycles. The van der Waals surface area contributed by atoms with E-state index in [0.717, 1.165) is 13.9 Å². The van der Waals surface area contributed by atoms with Crippen molar-refractivity contribution in [2.45, 2.75) is 6.92 Å². The fraction of sp³-hybridized carbons (Fsp3) is 0.0667. The molecule has 25 heavy (non-hydrogen) atoms. The van der Waals surface area contributed by atoms with Crippen molar-refractivity contribution in [3.05, 3.63) is 60.9 Å². The smallest absolute Gasteiger partial charge is 0.266 e. The van der Waals surface area contributed by atoms with Gasteiger partial charge in [-0.2, -0.15) is 0 Å². The molecule has 2 amide bonds. The highest BCUT2D eigenvalue weighted by Gasteiger charge is 2.18. The molecule has 0 spiro atoms. The number of carbonyl (C=O) groups excluding carboxylic acids is 2. The van der Waals surface area contributed by atoms with Crippen molar-refractivity contribution >= 4 is 55.0 Å². The predicted molar refractivity (Wildman–Crippen MR) is 101 cm³/mol. The SMILES string of the molecule is Cc1c(C(=O)NNC(=O)c2ccc(Br)s2)nnn1-c1cccc(Br)c1. The third-order valence-corrected chi connectivity index (χ3v) is 5.36. The third kappa shape index (κ3) is 3.97. The maximum absolute atomic E-state index is 12.3. The lowest BCUT2D eigenvalue weighted by atomic mass is 10.3. The summed E-state index contributed by atoms with van der Waals surface area (Å²) in [4.78, 5) is 24.7. The molecule has 0 unspecified atom stereocenters. The Morgan fingerprint density at radius 3 is 2.56 bits per heavy atom. The number of carbonyl (C=O) groups is 2. The van der Waals surface area contributed by atoms with E-state index in [0.29, 0.717) is 10.6 Å². The van der Waals surface area contributed by atoms with E-state index in [9.17, 15) is 9.59 Å². The molecule has 2 heterocycles. The van der Waals surface area contributed by atoms with Crippen molar-refractivity contribution < 1.29 is 9.59 Å². The van der Waals surface area contributed by atoms with Crippen molar-refractivity contribution in [3.63, 3.8) is 0 Å². The summed E-state index contributed by atoms with van der Waals surface area (Å²) in [5.41, 5.74) is 6.17. The largest absolute Gasteiger partial charge is 0.292 e. The molecule has 3 rings (SSSR count). The van der Waals surface area contributed by atoms with Gasteiger partial charge < -0.3 is 0 Å². The van der Waals surface area contributed by atoms with E-state index in [1.165, 1.54) is 11.3 Å². The zero-order chi connectivity index (χ0) is 18.0. The summed E-state index contributed by atoms with van der Waals surface area (Å²) in [5.74, 6) is -0.941. The number of aromatic nitrogens is 3. The molecule has 0 saturated heterocycles. The number of halogens is 2. The fourth-order valence-corrected chi connectivity index (χ4v) is 3.73. The zero-order valence-electron chi connectivity index (χ0n) is 12.8. The lowest BCUT2D eigenvalue weighted by molar-refractivity contribution is 0.0845. The van der Waals surface area contributed by atoms with Crippen LogP contribution in [0, 0.1) is 6.92 Å². The normalized spacial score (nSPS) is 10.5. The number of rotatable bonds is 3. The first-order valence-electron chi connectivity index (χ1n) is 7.00. The minimum Gasteiger partial charge on any atom is -0.266 e. The Morgan fingerprint density at radius 1 is 1.12 bits per heavy atom. The highest BCUT2D eigenvalue weighted by molar-refractivity contribution is 9.11. The van der Waals surface area contributed by atoms with Gasteiger partial charge in [0.1, 0.15) is 0 Å². The molecular weight excluding hydrogens is 474 g/mol. The molecule has 0 radical (unpaired) electrons. The molecule has 0 fully saturated rings. The second kappa shape index (κ2) is 7.46. The number of nitrogens with zero attached hydrogens (tertiary/aromatic N) is 3. The first kappa shape index (κ1) is 17.8. The first-order chi connectivity index (χ1) is 12.0. The molecule has 10 heteroatoms. The number of benzene rings is 1. The van der Waals surface area contributed by atoms with Gasteiger partial charge in [-0.3, -0.25) is 20.4 Å². The van der Waals surface area contributed by atoms with E-state index in [2.05, 4.69) is 53.0 Å². The van der Waals surface area contributed by atoms with Gasteiger partial charge >= 0.3 is 0 Å². The van der Waals surface area contributed by atoms with Crippen molar-refractivity contribution in [1.82, 2.24) is 25.8 Å². The van der Waals surface area contributed by atoms with Crippen LogP contribution in [0.2, 0.25) is 0 Å². The predicted octanol–water partition coefficient (Wildman–Crippen LogP) is 3.24. The molecule has 3 aromatic rings. The van der Waals surface area contributed by atoms with Crippen LogP contribution in [0.4, 0.5) is 0 Å². The minimum absolute atomic E-state index is 0.132. The molecule has 128 valence electrons. The summed E-state index contributed by atoms with van der Waals surface area (Å²) in [6.45, 7) is 1.73. The molecule has 0 atom stereocenters. The molecule has 0 aliphatic rings. The maximum Gasteiger partial charge on any atom is 0.292 e. The lowest BCUT2D eigenvalue weighted by Gasteiger charge is -2.06. The van der Waals surface area contributed by atoms with Crippen LogP contribution < -0.4 is 10.9 Å². The average Bonchev–Trinajstić information content (AvgIpc) is 3.18. The van der Waals surface area contributed by atoms with E-state index >= 15 is 0 Å². The van der Waals surface area contributed by atoms with Crippen LogP contribution in [0.5, 0.6) is 0 Å². The Kier molecular flexibility index (Phi) is 5.30. The summed E-state index contributed by atoms with van der Waals surface area (Å²) >= 11 is 7.94.